The molecule has 0 saturated heterocycles. The Kier molecular flexibility index (Phi) is 4.71. The van der Waals surface area contributed by atoms with Crippen LogP contribution in [0.3, 0.4) is 0 Å². The average Bonchev–Trinajstić information content (AvgIpc) is 2.74. The van der Waals surface area contributed by atoms with Gasteiger partial charge in [-0.05, 0) is 58.1 Å². The minimum absolute atomic E-state index is 0.174. The maximum atomic E-state index is 11.8. The number of carboxylic acids is 1. The van der Waals surface area contributed by atoms with E-state index < -0.39 is 11.5 Å². The van der Waals surface area contributed by atoms with Crippen molar-refractivity contribution in [2.24, 2.45) is 0 Å². The third kappa shape index (κ3) is 2.84. The van der Waals surface area contributed by atoms with E-state index in [-0.39, 0.29) is 6.04 Å². The van der Waals surface area contributed by atoms with E-state index in [0.29, 0.717) is 19.4 Å². The quantitative estimate of drug-likeness (QED) is 0.875. The second-order valence-corrected chi connectivity index (χ2v) is 6.12. The lowest BCUT2D eigenvalue weighted by Crippen LogP contribution is -2.55. The van der Waals surface area contributed by atoms with E-state index in [4.69, 9.17) is 0 Å². The molecule has 1 fully saturated rings. The van der Waals surface area contributed by atoms with Gasteiger partial charge >= 0.3 is 5.97 Å². The molecule has 0 bridgehead atoms. The average molecular weight is 293 g/mol. The van der Waals surface area contributed by atoms with E-state index in [2.05, 4.69) is 28.9 Å². The second-order valence-electron chi connectivity index (χ2n) is 6.12. The van der Waals surface area contributed by atoms with Gasteiger partial charge in [-0.15, -0.1) is 0 Å². The molecule has 2 atom stereocenters. The number of carboxylic acid groups (broad SMARTS) is 1. The molecule has 0 amide bonds. The molecule has 2 rings (SSSR count). The van der Waals surface area contributed by atoms with Crippen LogP contribution in [0.1, 0.15) is 62.5 Å². The van der Waals surface area contributed by atoms with Crippen molar-refractivity contribution in [3.05, 3.63) is 17.0 Å². The molecular formula is C16H27N3O2. The Bertz CT molecular complexity index is 520. The monoisotopic (exact) mass is 293 g/mol. The molecule has 5 heteroatoms. The second kappa shape index (κ2) is 6.18. The van der Waals surface area contributed by atoms with E-state index >= 15 is 0 Å². The molecule has 2 unspecified atom stereocenters. The van der Waals surface area contributed by atoms with Crippen LogP contribution in [0.5, 0.6) is 0 Å². The molecular weight excluding hydrogens is 266 g/mol. The van der Waals surface area contributed by atoms with Crippen molar-refractivity contribution < 1.29 is 9.90 Å². The first-order valence-corrected chi connectivity index (χ1v) is 7.98. The van der Waals surface area contributed by atoms with Crippen LogP contribution in [0.15, 0.2) is 0 Å². The molecule has 1 aromatic heterocycles. The van der Waals surface area contributed by atoms with Crippen LogP contribution in [-0.2, 0) is 11.2 Å². The highest BCUT2D eigenvalue weighted by Gasteiger charge is 2.43. The lowest BCUT2D eigenvalue weighted by atomic mass is 9.78. The van der Waals surface area contributed by atoms with Gasteiger partial charge in [0.25, 0.3) is 0 Å². The fourth-order valence-corrected chi connectivity index (χ4v) is 3.79. The Morgan fingerprint density at radius 3 is 2.71 bits per heavy atom. The van der Waals surface area contributed by atoms with Crippen molar-refractivity contribution in [3.63, 3.8) is 0 Å². The number of hydrogen-bond donors (Lipinski definition) is 2. The third-order valence-electron chi connectivity index (χ3n) is 4.82. The van der Waals surface area contributed by atoms with Gasteiger partial charge in [-0.2, -0.15) is 5.10 Å². The molecule has 1 aromatic rings. The summed E-state index contributed by atoms with van der Waals surface area (Å²) in [5.41, 5.74) is 2.77. The molecule has 2 N–H and O–H groups in total. The van der Waals surface area contributed by atoms with E-state index in [1.807, 2.05) is 13.8 Å². The minimum Gasteiger partial charge on any atom is -0.480 e. The van der Waals surface area contributed by atoms with Crippen LogP contribution in [0.25, 0.3) is 0 Å². The Labute approximate surface area is 126 Å². The van der Waals surface area contributed by atoms with E-state index in [9.17, 15) is 9.90 Å². The molecule has 1 aliphatic rings. The molecule has 1 aliphatic carbocycles. The van der Waals surface area contributed by atoms with Gasteiger partial charge in [0.05, 0.1) is 11.7 Å². The van der Waals surface area contributed by atoms with Gasteiger partial charge in [-0.3, -0.25) is 9.48 Å². The van der Waals surface area contributed by atoms with Crippen LogP contribution in [0.4, 0.5) is 0 Å². The summed E-state index contributed by atoms with van der Waals surface area (Å²) in [6.07, 6.45) is 4.21. The molecule has 1 saturated carbocycles. The highest BCUT2D eigenvalue weighted by Crippen LogP contribution is 2.37. The molecule has 0 spiro atoms. The van der Waals surface area contributed by atoms with Gasteiger partial charge in [-0.1, -0.05) is 13.8 Å². The largest absolute Gasteiger partial charge is 0.480 e. The summed E-state index contributed by atoms with van der Waals surface area (Å²) in [5, 5.41) is 17.6. The number of aliphatic carboxylic acids is 1. The van der Waals surface area contributed by atoms with Gasteiger partial charge in [0.2, 0.25) is 0 Å². The predicted octanol–water partition coefficient (Wildman–Crippen LogP) is 2.61. The maximum Gasteiger partial charge on any atom is 0.323 e. The molecule has 0 radical (unpaired) electrons. The highest BCUT2D eigenvalue weighted by atomic mass is 16.4. The van der Waals surface area contributed by atoms with Gasteiger partial charge in [-0.25, -0.2) is 0 Å². The maximum absolute atomic E-state index is 11.8. The zero-order valence-electron chi connectivity index (χ0n) is 13.6. The number of nitrogens with zero attached hydrogens (tertiary/aromatic N) is 2. The normalized spacial score (nSPS) is 26.0. The number of aromatic nitrogens is 2. The van der Waals surface area contributed by atoms with Crippen LogP contribution in [0.2, 0.25) is 0 Å². The Morgan fingerprint density at radius 1 is 1.48 bits per heavy atom. The number of likely N-dealkylation sites (N-methyl/N-ethyl adjacent to an activating group) is 1. The van der Waals surface area contributed by atoms with Crippen molar-refractivity contribution in [2.75, 3.05) is 6.54 Å². The van der Waals surface area contributed by atoms with Crippen LogP contribution >= 0.6 is 0 Å². The summed E-state index contributed by atoms with van der Waals surface area (Å²) in [7, 11) is 0. The number of aryl methyl sites for hydroxylation is 1. The fourth-order valence-electron chi connectivity index (χ4n) is 3.79. The summed E-state index contributed by atoms with van der Waals surface area (Å²) >= 11 is 0. The Morgan fingerprint density at radius 2 is 2.19 bits per heavy atom. The third-order valence-corrected chi connectivity index (χ3v) is 4.82. The number of nitrogens with one attached hydrogen (secondary N) is 1. The lowest BCUT2D eigenvalue weighted by molar-refractivity contribution is -0.147. The summed E-state index contributed by atoms with van der Waals surface area (Å²) in [6, 6.07) is 0.174. The minimum atomic E-state index is -0.795. The van der Waals surface area contributed by atoms with Gasteiger partial charge in [0.1, 0.15) is 5.54 Å². The van der Waals surface area contributed by atoms with E-state index in [0.717, 1.165) is 25.0 Å². The highest BCUT2D eigenvalue weighted by molar-refractivity contribution is 5.79. The van der Waals surface area contributed by atoms with Gasteiger partial charge < -0.3 is 10.4 Å². The zero-order valence-corrected chi connectivity index (χ0v) is 13.6. The lowest BCUT2D eigenvalue weighted by Gasteiger charge is -2.38. The molecule has 0 aliphatic heterocycles. The summed E-state index contributed by atoms with van der Waals surface area (Å²) in [6.45, 7) is 8.93. The van der Waals surface area contributed by atoms with E-state index in [1.165, 1.54) is 11.3 Å². The molecule has 21 heavy (non-hydrogen) atoms. The Hall–Kier alpha value is -1.36. The van der Waals surface area contributed by atoms with Crippen molar-refractivity contribution in [1.82, 2.24) is 15.1 Å². The first-order chi connectivity index (χ1) is 9.95. The first kappa shape index (κ1) is 16.0. The van der Waals surface area contributed by atoms with E-state index in [1.54, 1.807) is 0 Å². The van der Waals surface area contributed by atoms with Gasteiger partial charge in [0, 0.05) is 5.69 Å². The van der Waals surface area contributed by atoms with Crippen LogP contribution < -0.4 is 5.32 Å². The summed E-state index contributed by atoms with van der Waals surface area (Å²) < 4.78 is 2.07. The molecule has 5 nitrogen and oxygen atoms in total. The van der Waals surface area contributed by atoms with Gasteiger partial charge in [0.15, 0.2) is 0 Å². The number of rotatable bonds is 5. The van der Waals surface area contributed by atoms with Crippen molar-refractivity contribution >= 4 is 5.97 Å². The standard InChI is InChI=1S/C16H27N3O2/c1-5-14-11(3)18-19(12(14)4)13-8-7-9-16(10-13,15(20)21)17-6-2/h13,17H,5-10H2,1-4H3,(H,20,21). The SMILES string of the molecule is CCNC1(C(=O)O)CCCC(n2nc(C)c(CC)c2C)C1. The Balaban J connectivity index is 2.31. The summed E-state index contributed by atoms with van der Waals surface area (Å²) in [4.78, 5) is 11.8. The number of hydrogen-bond acceptors (Lipinski definition) is 3. The fraction of sp³-hybridized carbons (Fsp3) is 0.750. The van der Waals surface area contributed by atoms with Crippen LogP contribution in [-0.4, -0.2) is 32.9 Å². The van der Waals surface area contributed by atoms with Crippen molar-refractivity contribution in [3.8, 4) is 0 Å². The summed E-state index contributed by atoms with van der Waals surface area (Å²) in [5.74, 6) is -0.730. The van der Waals surface area contributed by atoms with Crippen molar-refractivity contribution in [1.29, 1.82) is 0 Å². The molecule has 1 heterocycles. The zero-order chi connectivity index (χ0) is 15.6. The smallest absolute Gasteiger partial charge is 0.323 e. The predicted molar refractivity (Wildman–Crippen MR) is 82.6 cm³/mol. The van der Waals surface area contributed by atoms with Crippen LogP contribution in [0, 0.1) is 13.8 Å². The number of carbonyl (C=O) groups is 1. The first-order valence-electron chi connectivity index (χ1n) is 7.98. The topological polar surface area (TPSA) is 67.2 Å². The molecule has 118 valence electrons. The van der Waals surface area contributed by atoms with Crippen molar-refractivity contribution in [2.45, 2.75) is 71.4 Å². The molecule has 0 aromatic carbocycles.